The molecule has 0 aliphatic heterocycles. The highest BCUT2D eigenvalue weighted by Gasteiger charge is 1.61. The molecule has 0 bridgehead atoms. The maximum atomic E-state index is 4.22. The fourth-order valence-corrected chi connectivity index (χ4v) is 0.136. The van der Waals surface area contributed by atoms with Gasteiger partial charge in [-0.2, -0.15) is 0 Å². The van der Waals surface area contributed by atoms with Crippen molar-refractivity contribution in [2.45, 2.75) is 0 Å². The molecular formula is C2H4Cl2N2O. The monoisotopic (exact) mass is 142 g/mol. The van der Waals surface area contributed by atoms with Crippen molar-refractivity contribution >= 4 is 24.8 Å². The van der Waals surface area contributed by atoms with E-state index in [2.05, 4.69) is 14.9 Å². The lowest BCUT2D eigenvalue weighted by Crippen LogP contribution is -1.53. The molecule has 5 heteroatoms. The molecular weight excluding hydrogens is 139 g/mol. The molecule has 1 heterocycles. The van der Waals surface area contributed by atoms with Crippen molar-refractivity contribution in [3.63, 3.8) is 0 Å². The fraction of sp³-hybridized carbons (Fsp3) is 0. The van der Waals surface area contributed by atoms with Crippen molar-refractivity contribution in [3.05, 3.63) is 12.5 Å². The van der Waals surface area contributed by atoms with Crippen molar-refractivity contribution in [2.75, 3.05) is 0 Å². The topological polar surface area (TPSA) is 38.9 Å². The number of halogens is 2. The van der Waals surface area contributed by atoms with Crippen LogP contribution in [-0.2, 0) is 0 Å². The molecule has 42 valence electrons. The molecule has 0 aromatic carbocycles. The van der Waals surface area contributed by atoms with Gasteiger partial charge in [-0.05, 0) is 0 Å². The Kier molecular flexibility index (Phi) is 8.06. The van der Waals surface area contributed by atoms with Gasteiger partial charge in [-0.25, -0.2) is 0 Å². The highest BCUT2D eigenvalue weighted by atomic mass is 35.5. The number of aromatic nitrogens is 2. The summed E-state index contributed by atoms with van der Waals surface area (Å²) >= 11 is 0. The van der Waals surface area contributed by atoms with Crippen LogP contribution in [0.2, 0.25) is 0 Å². The largest absolute Gasteiger partial charge is 0.346 e. The summed E-state index contributed by atoms with van der Waals surface area (Å²) in [5.41, 5.74) is 0. The molecule has 1 aromatic rings. The van der Waals surface area contributed by atoms with E-state index in [1.165, 1.54) is 12.5 Å². The van der Waals surface area contributed by atoms with E-state index in [0.717, 1.165) is 0 Å². The van der Waals surface area contributed by atoms with Gasteiger partial charge in [0.05, 0.1) is 6.20 Å². The van der Waals surface area contributed by atoms with Crippen LogP contribution in [0.15, 0.2) is 17.0 Å². The van der Waals surface area contributed by atoms with Crippen LogP contribution in [0.25, 0.3) is 0 Å². The van der Waals surface area contributed by atoms with Crippen LogP contribution in [0.1, 0.15) is 0 Å². The second-order valence-electron chi connectivity index (χ2n) is 0.588. The Labute approximate surface area is 52.9 Å². The lowest BCUT2D eigenvalue weighted by Gasteiger charge is -1.45. The first-order valence-electron chi connectivity index (χ1n) is 1.21. The van der Waals surface area contributed by atoms with E-state index in [4.69, 9.17) is 0 Å². The molecule has 1 rings (SSSR count). The Bertz CT molecular complexity index is 70.2. The third kappa shape index (κ3) is 3.55. The minimum atomic E-state index is 0. The van der Waals surface area contributed by atoms with E-state index < -0.39 is 0 Å². The average molecular weight is 143 g/mol. The van der Waals surface area contributed by atoms with Gasteiger partial charge in [0, 0.05) is 5.27 Å². The Morgan fingerprint density at radius 1 is 1.29 bits per heavy atom. The molecule has 0 amide bonds. The lowest BCUT2D eigenvalue weighted by molar-refractivity contribution is 0.393. The van der Waals surface area contributed by atoms with Crippen molar-refractivity contribution in [3.8, 4) is 0 Å². The van der Waals surface area contributed by atoms with Crippen LogP contribution in [0.3, 0.4) is 0 Å². The van der Waals surface area contributed by atoms with Crippen LogP contribution in [0.4, 0.5) is 0 Å². The molecule has 0 radical (unpaired) electrons. The zero-order chi connectivity index (χ0) is 3.54. The molecule has 0 N–H and O–H groups in total. The van der Waals surface area contributed by atoms with Gasteiger partial charge in [0.1, 0.15) is 6.26 Å². The molecule has 3 nitrogen and oxygen atoms in total. The van der Waals surface area contributed by atoms with Crippen LogP contribution in [-0.4, -0.2) is 10.4 Å². The van der Waals surface area contributed by atoms with Crippen molar-refractivity contribution in [1.29, 1.82) is 0 Å². The molecule has 0 spiro atoms. The average Bonchev–Trinajstić information content (AvgIpc) is 1.76. The second-order valence-corrected chi connectivity index (χ2v) is 0.588. The van der Waals surface area contributed by atoms with E-state index in [1.807, 2.05) is 0 Å². The number of rotatable bonds is 0. The predicted octanol–water partition coefficient (Wildman–Crippen LogP) is 0.913. The Morgan fingerprint density at radius 3 is 2.14 bits per heavy atom. The van der Waals surface area contributed by atoms with E-state index >= 15 is 0 Å². The van der Waals surface area contributed by atoms with Gasteiger partial charge in [0.25, 0.3) is 0 Å². The molecule has 0 saturated carbocycles. The Hall–Kier alpha value is -0.280. The van der Waals surface area contributed by atoms with Gasteiger partial charge in [-0.15, -0.1) is 29.9 Å². The van der Waals surface area contributed by atoms with Crippen LogP contribution in [0, 0.1) is 0 Å². The summed E-state index contributed by atoms with van der Waals surface area (Å²) in [4.78, 5) is 0. The minimum Gasteiger partial charge on any atom is -0.346 e. The summed E-state index contributed by atoms with van der Waals surface area (Å²) in [6, 6.07) is 0. The highest BCUT2D eigenvalue weighted by Crippen LogP contribution is 1.64. The standard InChI is InChI=1S/C2H2N2O.2ClH/c1-2-5-4-3-1;;/h1-2H;2*1H. The lowest BCUT2D eigenvalue weighted by atomic mass is 11.0. The number of hydrogen-bond acceptors (Lipinski definition) is 3. The Morgan fingerprint density at radius 2 is 2.00 bits per heavy atom. The first-order chi connectivity index (χ1) is 2.50. The van der Waals surface area contributed by atoms with Gasteiger partial charge in [0.2, 0.25) is 0 Å². The van der Waals surface area contributed by atoms with Gasteiger partial charge < -0.3 is 4.52 Å². The molecule has 1 aromatic heterocycles. The third-order valence-electron chi connectivity index (χ3n) is 0.283. The van der Waals surface area contributed by atoms with Crippen LogP contribution in [0.5, 0.6) is 0 Å². The minimum absolute atomic E-state index is 0. The highest BCUT2D eigenvalue weighted by molar-refractivity contribution is 5.85. The molecule has 0 aliphatic rings. The van der Waals surface area contributed by atoms with Gasteiger partial charge >= 0.3 is 0 Å². The number of hydrogen-bond donors (Lipinski definition) is 0. The molecule has 0 fully saturated rings. The third-order valence-corrected chi connectivity index (χ3v) is 0.283. The van der Waals surface area contributed by atoms with E-state index in [1.54, 1.807) is 0 Å². The summed E-state index contributed by atoms with van der Waals surface area (Å²) in [7, 11) is 0. The van der Waals surface area contributed by atoms with Gasteiger partial charge in [-0.1, -0.05) is 0 Å². The summed E-state index contributed by atoms with van der Waals surface area (Å²) < 4.78 is 4.22. The maximum absolute atomic E-state index is 4.22. The van der Waals surface area contributed by atoms with Crippen molar-refractivity contribution in [1.82, 2.24) is 10.4 Å². The molecule has 0 atom stereocenters. The Balaban J connectivity index is 0. The summed E-state index contributed by atoms with van der Waals surface area (Å²) in [6.45, 7) is 0. The number of nitrogens with zero attached hydrogens (tertiary/aromatic N) is 2. The van der Waals surface area contributed by atoms with E-state index in [-0.39, 0.29) is 24.8 Å². The van der Waals surface area contributed by atoms with Crippen LogP contribution < -0.4 is 0 Å². The molecule has 0 saturated heterocycles. The molecule has 0 aliphatic carbocycles. The summed E-state index contributed by atoms with van der Waals surface area (Å²) in [5, 5.41) is 6.40. The molecule has 7 heavy (non-hydrogen) atoms. The smallest absolute Gasteiger partial charge is 0.144 e. The zero-order valence-electron chi connectivity index (χ0n) is 3.27. The van der Waals surface area contributed by atoms with Crippen molar-refractivity contribution < 1.29 is 4.52 Å². The summed E-state index contributed by atoms with van der Waals surface area (Å²) in [6.07, 6.45) is 2.88. The van der Waals surface area contributed by atoms with E-state index in [0.29, 0.717) is 0 Å². The zero-order valence-corrected chi connectivity index (χ0v) is 4.91. The quantitative estimate of drug-likeness (QED) is 0.541. The van der Waals surface area contributed by atoms with Gasteiger partial charge in [-0.3, -0.25) is 0 Å². The summed E-state index contributed by atoms with van der Waals surface area (Å²) in [5.74, 6) is 0. The first kappa shape index (κ1) is 9.87. The predicted molar refractivity (Wildman–Crippen MR) is 28.8 cm³/mol. The SMILES string of the molecule is Cl.Cl.c1conn1. The first-order valence-corrected chi connectivity index (χ1v) is 1.21. The van der Waals surface area contributed by atoms with E-state index in [9.17, 15) is 0 Å². The molecule has 0 unspecified atom stereocenters. The van der Waals surface area contributed by atoms with Crippen LogP contribution >= 0.6 is 24.8 Å². The maximum Gasteiger partial charge on any atom is 0.144 e. The fourth-order valence-electron chi connectivity index (χ4n) is 0.136. The van der Waals surface area contributed by atoms with Crippen molar-refractivity contribution in [2.24, 2.45) is 0 Å². The normalized spacial score (nSPS) is 5.71. The van der Waals surface area contributed by atoms with Gasteiger partial charge in [0.15, 0.2) is 0 Å². The second kappa shape index (κ2) is 5.72.